The van der Waals surface area contributed by atoms with Gasteiger partial charge < -0.3 is 62.3 Å². The number of nitrogens with two attached hydrogens (primary N) is 2. The predicted octanol–water partition coefficient (Wildman–Crippen LogP) is -3.14. The van der Waals surface area contributed by atoms with Crippen LogP contribution >= 0.6 is 0 Å². The summed E-state index contributed by atoms with van der Waals surface area (Å²) in [5.41, 5.74) is 10.9. The van der Waals surface area contributed by atoms with Crippen molar-refractivity contribution in [3.05, 3.63) is 0 Å². The van der Waals surface area contributed by atoms with E-state index < -0.39 is 102 Å². The second-order valence-electron chi connectivity index (χ2n) is 18.1. The lowest BCUT2D eigenvalue weighted by atomic mass is 10.1. The monoisotopic (exact) mass is 944 g/mol. The zero-order valence-corrected chi connectivity index (χ0v) is 38.7. The lowest BCUT2D eigenvalue weighted by Crippen LogP contribution is -2.60. The van der Waals surface area contributed by atoms with Crippen LogP contribution in [0.3, 0.4) is 0 Å². The molecule has 0 bridgehead atoms. The Hall–Kier alpha value is -5.87. The zero-order valence-electron chi connectivity index (χ0n) is 38.7. The van der Waals surface area contributed by atoms with E-state index in [9.17, 15) is 57.8 Å². The van der Waals surface area contributed by atoms with Gasteiger partial charge in [-0.2, -0.15) is 0 Å². The Morgan fingerprint density at radius 3 is 1.64 bits per heavy atom. The van der Waals surface area contributed by atoms with Crippen LogP contribution in [0.1, 0.15) is 117 Å². The first-order chi connectivity index (χ1) is 32.0. The minimum atomic E-state index is -1.53. The van der Waals surface area contributed by atoms with Gasteiger partial charge >= 0.3 is 0 Å². The van der Waals surface area contributed by atoms with Gasteiger partial charge in [0.2, 0.25) is 65.0 Å². The van der Waals surface area contributed by atoms with Gasteiger partial charge in [0.15, 0.2) is 0 Å². The summed E-state index contributed by atoms with van der Waals surface area (Å²) in [7, 11) is 0. The predicted molar refractivity (Wildman–Crippen MR) is 237 cm³/mol. The molecule has 5 aliphatic rings. The first kappa shape index (κ1) is 52.1. The lowest BCUT2D eigenvalue weighted by molar-refractivity contribution is -0.148. The van der Waals surface area contributed by atoms with E-state index in [1.165, 1.54) is 26.5 Å². The first-order valence-corrected chi connectivity index (χ1v) is 23.9. The molecule has 5 heterocycles. The zero-order chi connectivity index (χ0) is 48.9. The molecular weight excluding hydrogens is 875 g/mol. The van der Waals surface area contributed by atoms with Gasteiger partial charge in [-0.1, -0.05) is 6.92 Å². The highest BCUT2D eigenvalue weighted by Gasteiger charge is 2.46. The van der Waals surface area contributed by atoms with Gasteiger partial charge in [-0.3, -0.25) is 52.7 Å². The van der Waals surface area contributed by atoms with E-state index in [0.717, 1.165) is 6.42 Å². The summed E-state index contributed by atoms with van der Waals surface area (Å²) in [6.45, 7) is 4.20. The summed E-state index contributed by atoms with van der Waals surface area (Å²) in [5.74, 6) is -5.85. The van der Waals surface area contributed by atoms with Gasteiger partial charge in [-0.25, -0.2) is 0 Å². The molecule has 9 N–H and O–H groups in total. The Bertz CT molecular complexity index is 1900. The maximum Gasteiger partial charge on any atom is 0.248 e. The number of aliphatic hydroxyl groups is 1. The summed E-state index contributed by atoms with van der Waals surface area (Å²) >= 11 is 0. The third-order valence-corrected chi connectivity index (χ3v) is 13.5. The fourth-order valence-electron chi connectivity index (χ4n) is 9.97. The van der Waals surface area contributed by atoms with Crippen LogP contribution in [0.25, 0.3) is 0 Å². The summed E-state index contributed by atoms with van der Waals surface area (Å²) in [6.07, 6.45) is 5.34. The van der Waals surface area contributed by atoms with E-state index in [-0.39, 0.29) is 63.0 Å². The smallest absolute Gasteiger partial charge is 0.248 e. The second-order valence-corrected chi connectivity index (χ2v) is 18.1. The van der Waals surface area contributed by atoms with E-state index in [2.05, 4.69) is 21.3 Å². The average molecular weight is 944 g/mol. The van der Waals surface area contributed by atoms with Crippen molar-refractivity contribution in [3.8, 4) is 0 Å². The topological polar surface area (TPSA) is 324 Å². The number of likely N-dealkylation sites (tertiary alicyclic amines) is 5. The van der Waals surface area contributed by atoms with Crippen molar-refractivity contribution in [2.24, 2.45) is 11.5 Å². The summed E-state index contributed by atoms with van der Waals surface area (Å²) in [5, 5.41) is 20.9. The third-order valence-electron chi connectivity index (χ3n) is 13.5. The number of carbonyl (C=O) groups is 11. The molecule has 5 rings (SSSR count). The molecular formula is C44H69N11O12. The number of nitrogens with zero attached hydrogens (tertiary/aromatic N) is 5. The number of aliphatic hydroxyl groups excluding tert-OH is 1. The highest BCUT2D eigenvalue weighted by Crippen LogP contribution is 2.28. The Kier molecular flexibility index (Phi) is 18.9. The second kappa shape index (κ2) is 24.2. The van der Waals surface area contributed by atoms with E-state index in [1.54, 1.807) is 11.8 Å². The molecule has 5 saturated heterocycles. The van der Waals surface area contributed by atoms with Crippen molar-refractivity contribution in [2.75, 3.05) is 45.9 Å². The minimum absolute atomic E-state index is 0.0602. The van der Waals surface area contributed by atoms with Gasteiger partial charge in [0, 0.05) is 58.5 Å². The van der Waals surface area contributed by atoms with Crippen molar-refractivity contribution in [1.82, 2.24) is 45.8 Å². The maximum atomic E-state index is 14.1. The molecule has 8 atom stereocenters. The minimum Gasteiger partial charge on any atom is -0.394 e. The standard InChI is InChI=1S/C44H69N11O12/c1-3-36(59)51-20-7-12-30(51)39(62)47-19-5-4-16-35(58)48-26(2)41(64)54-23-9-14-32(54)44(67)53-22-8-13-31(53)40(63)49-27(17-18-34(45)57)38(61)50-28(25-56)42(65)55-24-10-15-33(55)43(66)52-21-6-11-29(52)37(46)60/h26-33,56H,3-25H2,1-2H3,(H2,45,57)(H2,46,60)(H,47,62)(H,48,58)(H,49,63)(H,50,61)/t26-,27?,28-,29-,30-,31-,32-,33-/m0/s1. The number of amides is 11. The highest BCUT2D eigenvalue weighted by atomic mass is 16.3. The number of carbonyl (C=O) groups excluding carboxylic acids is 11. The van der Waals surface area contributed by atoms with Crippen molar-refractivity contribution in [3.63, 3.8) is 0 Å². The van der Waals surface area contributed by atoms with Gasteiger partial charge in [-0.05, 0) is 90.4 Å². The Morgan fingerprint density at radius 1 is 0.582 bits per heavy atom. The average Bonchev–Trinajstić information content (AvgIpc) is 4.16. The maximum absolute atomic E-state index is 14.1. The van der Waals surface area contributed by atoms with Gasteiger partial charge in [-0.15, -0.1) is 0 Å². The molecule has 372 valence electrons. The summed E-state index contributed by atoms with van der Waals surface area (Å²) < 4.78 is 0. The number of rotatable bonds is 21. The number of unbranched alkanes of at least 4 members (excludes halogenated alkanes) is 1. The Labute approximate surface area is 390 Å². The molecule has 11 amide bonds. The number of hydrogen-bond acceptors (Lipinski definition) is 12. The van der Waals surface area contributed by atoms with Crippen LogP contribution in [0.2, 0.25) is 0 Å². The van der Waals surface area contributed by atoms with Crippen molar-refractivity contribution in [2.45, 2.75) is 165 Å². The highest BCUT2D eigenvalue weighted by molar-refractivity contribution is 5.98. The van der Waals surface area contributed by atoms with Crippen molar-refractivity contribution >= 4 is 65.0 Å². The molecule has 23 nitrogen and oxygen atoms in total. The van der Waals surface area contributed by atoms with E-state index in [4.69, 9.17) is 11.5 Å². The van der Waals surface area contributed by atoms with Crippen LogP contribution in [-0.4, -0.2) is 189 Å². The van der Waals surface area contributed by atoms with Crippen molar-refractivity contribution in [1.29, 1.82) is 0 Å². The van der Waals surface area contributed by atoms with Crippen LogP contribution in [0.5, 0.6) is 0 Å². The molecule has 0 saturated carbocycles. The normalized spacial score (nSPS) is 23.9. The molecule has 0 radical (unpaired) electrons. The van der Waals surface area contributed by atoms with Gasteiger partial charge in [0.05, 0.1) is 6.61 Å². The van der Waals surface area contributed by atoms with Crippen LogP contribution in [-0.2, 0) is 52.7 Å². The van der Waals surface area contributed by atoms with E-state index in [1.807, 2.05) is 0 Å². The lowest BCUT2D eigenvalue weighted by Gasteiger charge is -2.33. The fraction of sp³-hybridized carbons (Fsp3) is 0.750. The molecule has 5 fully saturated rings. The third kappa shape index (κ3) is 13.0. The Morgan fingerprint density at radius 2 is 1.09 bits per heavy atom. The molecule has 23 heteroatoms. The fourth-order valence-corrected chi connectivity index (χ4v) is 9.97. The van der Waals surface area contributed by atoms with E-state index >= 15 is 0 Å². The number of primary amides is 2. The molecule has 1 unspecified atom stereocenters. The van der Waals surface area contributed by atoms with Gasteiger partial charge in [0.1, 0.15) is 48.3 Å². The SMILES string of the molecule is CCC(=O)N1CCC[C@H]1C(=O)NCCCCC(=O)N[C@@H](C)C(=O)N1CCC[C@H]1C(=O)N1CCC[C@H]1C(=O)NC(CCC(N)=O)C(=O)N[C@@H](CO)C(=O)N1CCC[C@H]1C(=O)N1CCC[C@H]1C(N)=O. The summed E-state index contributed by atoms with van der Waals surface area (Å²) in [6, 6.07) is -8.10. The molecule has 0 aromatic heterocycles. The number of hydrogen-bond donors (Lipinski definition) is 7. The first-order valence-electron chi connectivity index (χ1n) is 23.9. The molecule has 0 spiro atoms. The van der Waals surface area contributed by atoms with Crippen LogP contribution in [0.15, 0.2) is 0 Å². The van der Waals surface area contributed by atoms with Crippen molar-refractivity contribution < 1.29 is 57.8 Å². The molecule has 0 aliphatic carbocycles. The van der Waals surface area contributed by atoms with Gasteiger partial charge in [0.25, 0.3) is 0 Å². The quantitative estimate of drug-likeness (QED) is 0.0562. The molecule has 5 aliphatic heterocycles. The largest absolute Gasteiger partial charge is 0.394 e. The van der Waals surface area contributed by atoms with Crippen LogP contribution in [0.4, 0.5) is 0 Å². The molecule has 67 heavy (non-hydrogen) atoms. The molecule has 0 aromatic carbocycles. The van der Waals surface area contributed by atoms with Crippen LogP contribution in [0, 0.1) is 0 Å². The molecule has 0 aromatic rings. The Balaban J connectivity index is 1.13. The van der Waals surface area contributed by atoms with Crippen LogP contribution < -0.4 is 32.7 Å². The van der Waals surface area contributed by atoms with E-state index in [0.29, 0.717) is 90.3 Å². The number of nitrogens with one attached hydrogen (secondary N) is 4. The summed E-state index contributed by atoms with van der Waals surface area (Å²) in [4.78, 5) is 151.